The SMILES string of the molecule is CCOC(=O)CC1Oc2ccc(F)cc2N(Cc2nc3c(F)c(F)cc(F)c3s2)C1=O. The minimum atomic E-state index is -1.38. The molecule has 3 aromatic rings. The van der Waals surface area contributed by atoms with Gasteiger partial charge in [0.1, 0.15) is 27.9 Å². The maximum Gasteiger partial charge on any atom is 0.310 e. The normalized spacial score (nSPS) is 15.7. The molecular weight excluding hydrogens is 440 g/mol. The number of hydrogen-bond acceptors (Lipinski definition) is 6. The molecule has 0 saturated heterocycles. The molecule has 1 aliphatic rings. The van der Waals surface area contributed by atoms with E-state index < -0.39 is 46.8 Å². The smallest absolute Gasteiger partial charge is 0.310 e. The Bertz CT molecular complexity index is 1200. The van der Waals surface area contributed by atoms with Crippen LogP contribution in [-0.4, -0.2) is 29.6 Å². The minimum absolute atomic E-state index is 0.0662. The van der Waals surface area contributed by atoms with Gasteiger partial charge in [-0.2, -0.15) is 0 Å². The molecule has 6 nitrogen and oxygen atoms in total. The summed E-state index contributed by atoms with van der Waals surface area (Å²) in [6, 6.07) is 3.90. The molecule has 0 spiro atoms. The minimum Gasteiger partial charge on any atom is -0.478 e. The molecule has 0 saturated carbocycles. The zero-order valence-electron chi connectivity index (χ0n) is 16.0. The number of benzene rings is 2. The van der Waals surface area contributed by atoms with E-state index in [2.05, 4.69) is 4.98 Å². The zero-order chi connectivity index (χ0) is 22.3. The highest BCUT2D eigenvalue weighted by Gasteiger charge is 2.37. The van der Waals surface area contributed by atoms with Crippen LogP contribution in [0, 0.1) is 23.3 Å². The lowest BCUT2D eigenvalue weighted by Crippen LogP contribution is -2.46. The van der Waals surface area contributed by atoms with Crippen LogP contribution in [0.25, 0.3) is 10.2 Å². The Labute approximate surface area is 177 Å². The van der Waals surface area contributed by atoms with E-state index in [1.54, 1.807) is 6.92 Å². The van der Waals surface area contributed by atoms with Crippen LogP contribution in [0.1, 0.15) is 18.4 Å². The van der Waals surface area contributed by atoms with Crippen molar-refractivity contribution < 1.29 is 36.6 Å². The molecule has 4 rings (SSSR count). The number of aromatic nitrogens is 1. The number of anilines is 1. The average molecular weight is 454 g/mol. The first-order valence-electron chi connectivity index (χ1n) is 9.14. The van der Waals surface area contributed by atoms with Gasteiger partial charge in [0, 0.05) is 12.1 Å². The molecular formula is C20H14F4N2O4S. The monoisotopic (exact) mass is 454 g/mol. The second-order valence-electron chi connectivity index (χ2n) is 6.59. The topological polar surface area (TPSA) is 68.7 Å². The van der Waals surface area contributed by atoms with Crippen molar-refractivity contribution in [3.05, 3.63) is 52.5 Å². The van der Waals surface area contributed by atoms with E-state index in [1.165, 1.54) is 6.07 Å². The summed E-state index contributed by atoms with van der Waals surface area (Å²) in [4.78, 5) is 29.9. The Hall–Kier alpha value is -3.21. The lowest BCUT2D eigenvalue weighted by atomic mass is 10.1. The highest BCUT2D eigenvalue weighted by molar-refractivity contribution is 7.18. The van der Waals surface area contributed by atoms with Crippen molar-refractivity contribution in [3.8, 4) is 5.75 Å². The summed E-state index contributed by atoms with van der Waals surface area (Å²) < 4.78 is 65.6. The Kier molecular flexibility index (Phi) is 5.52. The van der Waals surface area contributed by atoms with Gasteiger partial charge in [0.2, 0.25) is 0 Å². The summed E-state index contributed by atoms with van der Waals surface area (Å²) >= 11 is 0.732. The molecule has 1 atom stereocenters. The third kappa shape index (κ3) is 3.92. The Morgan fingerprint density at radius 1 is 1.23 bits per heavy atom. The van der Waals surface area contributed by atoms with E-state index in [0.29, 0.717) is 6.07 Å². The molecule has 31 heavy (non-hydrogen) atoms. The maximum absolute atomic E-state index is 14.0. The average Bonchev–Trinajstić information content (AvgIpc) is 3.15. The van der Waals surface area contributed by atoms with Crippen molar-refractivity contribution in [1.29, 1.82) is 0 Å². The number of fused-ring (bicyclic) bond motifs is 2. The fourth-order valence-corrected chi connectivity index (χ4v) is 4.15. The van der Waals surface area contributed by atoms with Crippen molar-refractivity contribution in [1.82, 2.24) is 4.98 Å². The predicted molar refractivity (Wildman–Crippen MR) is 103 cm³/mol. The van der Waals surface area contributed by atoms with Crippen LogP contribution >= 0.6 is 11.3 Å². The second-order valence-corrected chi connectivity index (χ2v) is 7.68. The molecule has 2 heterocycles. The molecule has 1 unspecified atom stereocenters. The van der Waals surface area contributed by atoms with Gasteiger partial charge in [0.15, 0.2) is 17.7 Å². The van der Waals surface area contributed by atoms with Crippen LogP contribution in [0.15, 0.2) is 24.3 Å². The largest absolute Gasteiger partial charge is 0.478 e. The van der Waals surface area contributed by atoms with Gasteiger partial charge in [-0.15, -0.1) is 11.3 Å². The fourth-order valence-electron chi connectivity index (χ4n) is 3.19. The van der Waals surface area contributed by atoms with Crippen molar-refractivity contribution in [2.45, 2.75) is 26.0 Å². The van der Waals surface area contributed by atoms with Gasteiger partial charge < -0.3 is 9.47 Å². The van der Waals surface area contributed by atoms with E-state index in [9.17, 15) is 27.2 Å². The lowest BCUT2D eigenvalue weighted by molar-refractivity contribution is -0.147. The van der Waals surface area contributed by atoms with E-state index in [0.717, 1.165) is 28.4 Å². The Morgan fingerprint density at radius 3 is 2.74 bits per heavy atom. The second kappa shape index (κ2) is 8.14. The van der Waals surface area contributed by atoms with Gasteiger partial charge in [0.25, 0.3) is 5.91 Å². The predicted octanol–water partition coefficient (Wildman–Crippen LogP) is 4.10. The van der Waals surface area contributed by atoms with Crippen LogP contribution in [-0.2, 0) is 20.9 Å². The molecule has 1 aliphatic heterocycles. The molecule has 0 radical (unpaired) electrons. The van der Waals surface area contributed by atoms with E-state index in [1.807, 2.05) is 0 Å². The van der Waals surface area contributed by atoms with Gasteiger partial charge in [-0.05, 0) is 19.1 Å². The number of nitrogens with zero attached hydrogens (tertiary/aromatic N) is 2. The number of halogens is 4. The van der Waals surface area contributed by atoms with Gasteiger partial charge in [-0.3, -0.25) is 14.5 Å². The number of thiazole rings is 1. The Morgan fingerprint density at radius 2 is 2.00 bits per heavy atom. The number of carbonyl (C=O) groups is 2. The van der Waals surface area contributed by atoms with Gasteiger partial charge in [-0.1, -0.05) is 0 Å². The number of rotatable bonds is 5. The highest BCUT2D eigenvalue weighted by Crippen LogP contribution is 2.38. The third-order valence-electron chi connectivity index (χ3n) is 4.53. The molecule has 0 fully saturated rings. The summed E-state index contributed by atoms with van der Waals surface area (Å²) in [6.45, 7) is 1.43. The number of ether oxygens (including phenoxy) is 2. The number of amides is 1. The lowest BCUT2D eigenvalue weighted by Gasteiger charge is -2.33. The number of carbonyl (C=O) groups excluding carboxylic acids is 2. The zero-order valence-corrected chi connectivity index (χ0v) is 16.8. The molecule has 0 N–H and O–H groups in total. The maximum atomic E-state index is 14.0. The van der Waals surface area contributed by atoms with Crippen molar-refractivity contribution in [2.24, 2.45) is 0 Å². The molecule has 0 aliphatic carbocycles. The van der Waals surface area contributed by atoms with E-state index in [4.69, 9.17) is 9.47 Å². The van der Waals surface area contributed by atoms with E-state index >= 15 is 0 Å². The van der Waals surface area contributed by atoms with Crippen molar-refractivity contribution in [3.63, 3.8) is 0 Å². The summed E-state index contributed by atoms with van der Waals surface area (Å²) in [5.74, 6) is -5.53. The molecule has 2 aromatic carbocycles. The first-order chi connectivity index (χ1) is 14.8. The quantitative estimate of drug-likeness (QED) is 0.330. The summed E-state index contributed by atoms with van der Waals surface area (Å²) in [6.07, 6.45) is -1.62. The molecule has 1 aromatic heterocycles. The Balaban J connectivity index is 1.72. The van der Waals surface area contributed by atoms with Crippen LogP contribution < -0.4 is 9.64 Å². The summed E-state index contributed by atoms with van der Waals surface area (Å²) in [5, 5.41) is 0.0822. The van der Waals surface area contributed by atoms with Gasteiger partial charge in [0.05, 0.1) is 30.0 Å². The number of hydrogen-bond donors (Lipinski definition) is 0. The molecule has 1 amide bonds. The van der Waals surface area contributed by atoms with Gasteiger partial charge in [-0.25, -0.2) is 22.5 Å². The first-order valence-corrected chi connectivity index (χ1v) is 9.96. The molecule has 0 bridgehead atoms. The first kappa shape index (κ1) is 21.0. The van der Waals surface area contributed by atoms with Crippen LogP contribution in [0.2, 0.25) is 0 Å². The van der Waals surface area contributed by atoms with E-state index in [-0.39, 0.29) is 40.7 Å². The summed E-state index contributed by atoms with van der Waals surface area (Å²) in [7, 11) is 0. The van der Waals surface area contributed by atoms with Crippen LogP contribution in [0.5, 0.6) is 5.75 Å². The number of esters is 1. The standard InChI is InChI=1S/C20H14F4N2O4S/c1-2-29-16(27)7-14-20(28)26(12-5-9(21)3-4-13(12)30-14)8-15-25-18-17(24)10(22)6-11(23)19(18)31-15/h3-6,14H,2,7-8H2,1H3. The molecule has 162 valence electrons. The highest BCUT2D eigenvalue weighted by atomic mass is 32.1. The van der Waals surface area contributed by atoms with Crippen LogP contribution in [0.4, 0.5) is 23.2 Å². The van der Waals surface area contributed by atoms with Gasteiger partial charge >= 0.3 is 5.97 Å². The molecule has 11 heteroatoms. The van der Waals surface area contributed by atoms with Crippen molar-refractivity contribution in [2.75, 3.05) is 11.5 Å². The van der Waals surface area contributed by atoms with Crippen LogP contribution in [0.3, 0.4) is 0 Å². The third-order valence-corrected chi connectivity index (χ3v) is 5.58. The van der Waals surface area contributed by atoms with Crippen molar-refractivity contribution >= 4 is 39.1 Å². The fraction of sp³-hybridized carbons (Fsp3) is 0.250. The summed E-state index contributed by atoms with van der Waals surface area (Å²) in [5.41, 5.74) is -0.433.